The number of amides is 1. The summed E-state index contributed by atoms with van der Waals surface area (Å²) < 4.78 is 78.0. The number of hydrogen-bond acceptors (Lipinski definition) is 10. The Balaban J connectivity index is 1.46. The molecule has 0 radical (unpaired) electrons. The van der Waals surface area contributed by atoms with Gasteiger partial charge in [0.15, 0.2) is 11.7 Å². The van der Waals surface area contributed by atoms with Crippen molar-refractivity contribution in [2.45, 2.75) is 37.4 Å². The first-order chi connectivity index (χ1) is 20.3. The molecule has 1 aliphatic rings. The lowest BCUT2D eigenvalue weighted by atomic mass is 10.1. The van der Waals surface area contributed by atoms with Gasteiger partial charge in [0, 0.05) is 12.0 Å². The molecule has 1 saturated heterocycles. The lowest BCUT2D eigenvalue weighted by Crippen LogP contribution is -2.59. The van der Waals surface area contributed by atoms with Gasteiger partial charge in [0.2, 0.25) is 5.28 Å². The molecular weight excluding hydrogens is 601 g/mol. The molecule has 14 nitrogen and oxygen atoms in total. The minimum atomic E-state index is -4.72. The highest BCUT2D eigenvalue weighted by molar-refractivity contribution is 7.90. The first-order valence-corrected chi connectivity index (χ1v) is 14.1. The van der Waals surface area contributed by atoms with Gasteiger partial charge in [-0.3, -0.25) is 4.79 Å². The predicted molar refractivity (Wildman–Crippen MR) is 139 cm³/mol. The third kappa shape index (κ3) is 7.32. The van der Waals surface area contributed by atoms with Crippen molar-refractivity contribution < 1.29 is 50.5 Å². The Hall–Kier alpha value is -4.87. The monoisotopic (exact) mass is 626 g/mol. The van der Waals surface area contributed by atoms with E-state index in [1.165, 1.54) is 12.1 Å². The van der Waals surface area contributed by atoms with E-state index in [-0.39, 0.29) is 40.8 Å². The van der Waals surface area contributed by atoms with Crippen LogP contribution in [0.3, 0.4) is 0 Å². The van der Waals surface area contributed by atoms with E-state index in [0.717, 1.165) is 33.5 Å². The molecule has 2 heterocycles. The maximum absolute atomic E-state index is 13.5. The van der Waals surface area contributed by atoms with Gasteiger partial charge in [-0.15, -0.1) is 5.01 Å². The van der Waals surface area contributed by atoms with Gasteiger partial charge in [0.25, 0.3) is 22.7 Å². The number of alkyl halides is 3. The summed E-state index contributed by atoms with van der Waals surface area (Å²) in [4.78, 5) is 27.8. The molecule has 3 aromatic rings. The molecule has 1 amide bonds. The van der Waals surface area contributed by atoms with Crippen LogP contribution in [0.4, 0.5) is 18.0 Å². The second-order valence-electron chi connectivity index (χ2n) is 9.03. The zero-order valence-electron chi connectivity index (χ0n) is 22.6. The van der Waals surface area contributed by atoms with Crippen LogP contribution in [-0.4, -0.2) is 66.2 Å². The third-order valence-corrected chi connectivity index (χ3v) is 7.47. The lowest BCUT2D eigenvalue weighted by Gasteiger charge is -2.33. The predicted octanol–water partition coefficient (Wildman–Crippen LogP) is 3.69. The van der Waals surface area contributed by atoms with Crippen molar-refractivity contribution in [3.8, 4) is 16.9 Å². The molecule has 18 heteroatoms. The van der Waals surface area contributed by atoms with E-state index in [9.17, 15) is 36.4 Å². The van der Waals surface area contributed by atoms with Gasteiger partial charge < -0.3 is 19.5 Å². The number of hydrazine groups is 1. The summed E-state index contributed by atoms with van der Waals surface area (Å²) in [6.45, 7) is 2.75. The fraction of sp³-hybridized carbons (Fsp3) is 0.320. The van der Waals surface area contributed by atoms with Crippen LogP contribution in [0.15, 0.2) is 64.8 Å². The molecule has 0 unspecified atom stereocenters. The third-order valence-electron chi connectivity index (χ3n) is 6.11. The van der Waals surface area contributed by atoms with Gasteiger partial charge in [-0.25, -0.2) is 22.6 Å². The average molecular weight is 627 g/mol. The fourth-order valence-corrected chi connectivity index (χ4v) is 4.88. The topological polar surface area (TPSA) is 167 Å². The molecule has 1 atom stereocenters. The van der Waals surface area contributed by atoms with Crippen LogP contribution in [0.25, 0.3) is 16.9 Å². The van der Waals surface area contributed by atoms with Crippen LogP contribution in [0.5, 0.6) is 0 Å². The highest BCUT2D eigenvalue weighted by atomic mass is 32.2. The van der Waals surface area contributed by atoms with Crippen LogP contribution in [0.2, 0.25) is 0 Å². The highest BCUT2D eigenvalue weighted by Crippen LogP contribution is 2.33. The van der Waals surface area contributed by atoms with Crippen LogP contribution in [0, 0.1) is 12.1 Å². The second kappa shape index (κ2) is 12.6. The minimum absolute atomic E-state index is 0.0506. The largest absolute Gasteiger partial charge is 0.569 e. The fourth-order valence-electron chi connectivity index (χ4n) is 3.87. The van der Waals surface area contributed by atoms with Crippen LogP contribution < -0.4 is 4.72 Å². The first kappa shape index (κ1) is 31.1. The van der Waals surface area contributed by atoms with Crippen molar-refractivity contribution in [3.63, 3.8) is 0 Å². The molecule has 43 heavy (non-hydrogen) atoms. The van der Waals surface area contributed by atoms with E-state index in [1.54, 1.807) is 31.2 Å². The van der Waals surface area contributed by atoms with E-state index in [0.29, 0.717) is 5.56 Å². The molecule has 0 bridgehead atoms. The molecule has 0 spiro atoms. The molecule has 1 aliphatic heterocycles. The summed E-state index contributed by atoms with van der Waals surface area (Å²) in [6.07, 6.45) is -5.64. The molecular formula is C25H25F3N6O8S. The Morgan fingerprint density at radius 2 is 1.81 bits per heavy atom. The molecule has 0 saturated carbocycles. The van der Waals surface area contributed by atoms with Gasteiger partial charge in [0.1, 0.15) is 0 Å². The number of carbonyl (C=O) groups is 2. The van der Waals surface area contributed by atoms with Gasteiger partial charge in [-0.1, -0.05) is 29.8 Å². The standard InChI is InChI=1S/C25H25F3N6O8S/c1-3-40-24(36)41-15-42-31-34(37)32-13-12-20(32)23(35)30-43(38,39)19-10-8-18(9-11-19)33-21(14-22(29-33)25(26,27)28)17-6-4-16(2)5-7-17/h4-11,14,20H,3,12-13,15H2,1-2H3,(H,30,35)/t20-/m0/s1. The number of nitrogens with one attached hydrogen (secondary N) is 1. The quantitative estimate of drug-likeness (QED) is 0.0875. The Kier molecular flexibility index (Phi) is 9.07. The van der Waals surface area contributed by atoms with E-state index in [2.05, 4.69) is 24.7 Å². The summed E-state index contributed by atoms with van der Waals surface area (Å²) in [7, 11) is -4.44. The number of rotatable bonds is 10. The summed E-state index contributed by atoms with van der Waals surface area (Å²) in [5.41, 5.74) is 0.494. The lowest BCUT2D eigenvalue weighted by molar-refractivity contribution is -0.729. The maximum atomic E-state index is 13.5. The Bertz CT molecular complexity index is 1610. The minimum Gasteiger partial charge on any atom is -0.569 e. The van der Waals surface area contributed by atoms with Crippen molar-refractivity contribution in [3.05, 3.63) is 71.1 Å². The molecule has 1 aromatic heterocycles. The van der Waals surface area contributed by atoms with Crippen LogP contribution >= 0.6 is 0 Å². The zero-order valence-corrected chi connectivity index (χ0v) is 23.5. The number of sulfonamides is 1. The zero-order chi connectivity index (χ0) is 31.4. The number of halogens is 3. The highest BCUT2D eigenvalue weighted by Gasteiger charge is 2.42. The van der Waals surface area contributed by atoms with Crippen molar-refractivity contribution in [2.75, 3.05) is 19.9 Å². The summed E-state index contributed by atoms with van der Waals surface area (Å²) >= 11 is 0. The Morgan fingerprint density at radius 1 is 1.14 bits per heavy atom. The van der Waals surface area contributed by atoms with E-state index >= 15 is 0 Å². The maximum Gasteiger partial charge on any atom is 0.511 e. The molecule has 2 aromatic carbocycles. The number of ether oxygens (including phenoxy) is 2. The number of carbonyl (C=O) groups excluding carboxylic acids is 2. The van der Waals surface area contributed by atoms with Gasteiger partial charge in [0.05, 0.1) is 34.4 Å². The molecule has 230 valence electrons. The normalized spacial score (nSPS) is 15.4. The first-order valence-electron chi connectivity index (χ1n) is 12.6. The molecule has 1 fully saturated rings. The number of aryl methyl sites for hydroxylation is 1. The van der Waals surface area contributed by atoms with Gasteiger partial charge >= 0.3 is 12.3 Å². The van der Waals surface area contributed by atoms with E-state index in [4.69, 9.17) is 0 Å². The number of benzene rings is 2. The van der Waals surface area contributed by atoms with Crippen LogP contribution in [-0.2, 0) is 35.3 Å². The molecule has 1 N–H and O–H groups in total. The second-order valence-corrected chi connectivity index (χ2v) is 10.7. The van der Waals surface area contributed by atoms with Crippen molar-refractivity contribution >= 4 is 22.1 Å². The summed E-state index contributed by atoms with van der Waals surface area (Å²) in [6, 6.07) is 11.1. The van der Waals surface area contributed by atoms with E-state index in [1.807, 2.05) is 11.6 Å². The Morgan fingerprint density at radius 3 is 2.40 bits per heavy atom. The van der Waals surface area contributed by atoms with Crippen molar-refractivity contribution in [1.82, 2.24) is 19.5 Å². The molecule has 0 aliphatic carbocycles. The summed E-state index contributed by atoms with van der Waals surface area (Å²) in [5.74, 6) is -1.03. The van der Waals surface area contributed by atoms with Crippen LogP contribution in [0.1, 0.15) is 24.6 Å². The summed E-state index contributed by atoms with van der Waals surface area (Å²) in [5, 5.41) is 19.8. The average Bonchev–Trinajstić information content (AvgIpc) is 3.37. The van der Waals surface area contributed by atoms with Crippen molar-refractivity contribution in [2.24, 2.45) is 5.28 Å². The van der Waals surface area contributed by atoms with Gasteiger partial charge in [-0.05, 0) is 44.2 Å². The number of aromatic nitrogens is 2. The SMILES string of the molecule is CCOC(=O)OCON=[N+]([O-])N1CC[C@H]1C(=O)NS(=O)(=O)c1ccc(-n2nc(C(F)(F)F)cc2-c2ccc(C)cc2)cc1. The van der Waals surface area contributed by atoms with Crippen molar-refractivity contribution in [1.29, 1.82) is 0 Å². The Labute approximate surface area is 242 Å². The van der Waals surface area contributed by atoms with E-state index < -0.39 is 46.8 Å². The number of nitrogens with zero attached hydrogens (tertiary/aromatic N) is 5. The number of hydrogen-bond donors (Lipinski definition) is 1. The van der Waals surface area contributed by atoms with Gasteiger partial charge in [-0.2, -0.15) is 18.3 Å². The molecule has 4 rings (SSSR count). The smallest absolute Gasteiger partial charge is 0.511 e.